The van der Waals surface area contributed by atoms with Gasteiger partial charge in [-0.1, -0.05) is 12.1 Å². The van der Waals surface area contributed by atoms with Crippen molar-refractivity contribution in [1.29, 1.82) is 0 Å². The SMILES string of the molecule is COc1cccc(CC(N)c2ccc(Br)cn2)c1. The van der Waals surface area contributed by atoms with E-state index in [-0.39, 0.29) is 6.04 Å². The van der Waals surface area contributed by atoms with Gasteiger partial charge in [0.05, 0.1) is 18.8 Å². The summed E-state index contributed by atoms with van der Waals surface area (Å²) in [5, 5.41) is 0. The van der Waals surface area contributed by atoms with Crippen LogP contribution in [0.1, 0.15) is 17.3 Å². The van der Waals surface area contributed by atoms with Crippen molar-refractivity contribution in [2.75, 3.05) is 7.11 Å². The first-order valence-electron chi connectivity index (χ1n) is 5.69. The number of aromatic nitrogens is 1. The summed E-state index contributed by atoms with van der Waals surface area (Å²) in [5.41, 5.74) is 8.18. The molecule has 2 aromatic rings. The third-order valence-corrected chi connectivity index (χ3v) is 3.19. The molecule has 0 spiro atoms. The highest BCUT2D eigenvalue weighted by Gasteiger charge is 2.08. The molecule has 3 nitrogen and oxygen atoms in total. The molecule has 94 valence electrons. The maximum absolute atomic E-state index is 6.15. The number of hydrogen-bond acceptors (Lipinski definition) is 3. The van der Waals surface area contributed by atoms with E-state index in [1.807, 2.05) is 36.4 Å². The molecular formula is C14H15BrN2O. The number of rotatable bonds is 4. The minimum Gasteiger partial charge on any atom is -0.497 e. The molecule has 1 atom stereocenters. The smallest absolute Gasteiger partial charge is 0.119 e. The molecule has 0 radical (unpaired) electrons. The number of nitrogens with two attached hydrogens (primary N) is 1. The monoisotopic (exact) mass is 306 g/mol. The zero-order valence-electron chi connectivity index (χ0n) is 10.1. The summed E-state index contributed by atoms with van der Waals surface area (Å²) >= 11 is 3.36. The fraction of sp³-hybridized carbons (Fsp3) is 0.214. The van der Waals surface area contributed by atoms with Crippen LogP contribution in [0.15, 0.2) is 47.1 Å². The lowest BCUT2D eigenvalue weighted by atomic mass is 10.0. The van der Waals surface area contributed by atoms with Crippen LogP contribution in [-0.2, 0) is 6.42 Å². The minimum atomic E-state index is -0.106. The van der Waals surface area contributed by atoms with Crippen molar-refractivity contribution in [3.63, 3.8) is 0 Å². The highest BCUT2D eigenvalue weighted by Crippen LogP contribution is 2.19. The van der Waals surface area contributed by atoms with E-state index < -0.39 is 0 Å². The van der Waals surface area contributed by atoms with E-state index >= 15 is 0 Å². The van der Waals surface area contributed by atoms with E-state index in [4.69, 9.17) is 10.5 Å². The zero-order chi connectivity index (χ0) is 13.0. The lowest BCUT2D eigenvalue weighted by Crippen LogP contribution is -2.14. The van der Waals surface area contributed by atoms with Crippen LogP contribution < -0.4 is 10.5 Å². The molecule has 0 aliphatic carbocycles. The van der Waals surface area contributed by atoms with Crippen LogP contribution in [0.5, 0.6) is 5.75 Å². The molecular weight excluding hydrogens is 292 g/mol. The summed E-state index contributed by atoms with van der Waals surface area (Å²) < 4.78 is 6.15. The molecule has 0 saturated carbocycles. The van der Waals surface area contributed by atoms with Gasteiger partial charge in [-0.2, -0.15) is 0 Å². The number of methoxy groups -OCH3 is 1. The Bertz CT molecular complexity index is 513. The second-order valence-corrected chi connectivity index (χ2v) is 4.98. The van der Waals surface area contributed by atoms with Gasteiger partial charge in [0, 0.05) is 10.7 Å². The molecule has 0 bridgehead atoms. The fourth-order valence-corrected chi connectivity index (χ4v) is 2.00. The van der Waals surface area contributed by atoms with Crippen molar-refractivity contribution in [2.45, 2.75) is 12.5 Å². The molecule has 1 unspecified atom stereocenters. The van der Waals surface area contributed by atoms with E-state index in [2.05, 4.69) is 20.9 Å². The Balaban J connectivity index is 2.10. The summed E-state index contributed by atoms with van der Waals surface area (Å²) in [5.74, 6) is 0.850. The average molecular weight is 307 g/mol. The van der Waals surface area contributed by atoms with Crippen molar-refractivity contribution in [3.8, 4) is 5.75 Å². The maximum Gasteiger partial charge on any atom is 0.119 e. The van der Waals surface area contributed by atoms with Gasteiger partial charge in [-0.25, -0.2) is 0 Å². The first kappa shape index (κ1) is 13.1. The van der Waals surface area contributed by atoms with Gasteiger partial charge < -0.3 is 10.5 Å². The van der Waals surface area contributed by atoms with Gasteiger partial charge in [-0.15, -0.1) is 0 Å². The average Bonchev–Trinajstić information content (AvgIpc) is 2.39. The second kappa shape index (κ2) is 5.98. The van der Waals surface area contributed by atoms with Gasteiger partial charge in [0.1, 0.15) is 5.75 Å². The number of ether oxygens (including phenoxy) is 1. The van der Waals surface area contributed by atoms with E-state index in [1.54, 1.807) is 13.3 Å². The molecule has 0 saturated heterocycles. The molecule has 0 aliphatic rings. The van der Waals surface area contributed by atoms with E-state index in [0.717, 1.165) is 27.9 Å². The lowest BCUT2D eigenvalue weighted by molar-refractivity contribution is 0.414. The van der Waals surface area contributed by atoms with E-state index in [9.17, 15) is 0 Å². The van der Waals surface area contributed by atoms with Gasteiger partial charge in [-0.3, -0.25) is 4.98 Å². The Morgan fingerprint density at radius 2 is 2.17 bits per heavy atom. The predicted octanol–water partition coefficient (Wildman–Crippen LogP) is 3.10. The molecule has 2 rings (SSSR count). The molecule has 0 aliphatic heterocycles. The number of benzene rings is 1. The van der Waals surface area contributed by atoms with Crippen molar-refractivity contribution in [3.05, 3.63) is 58.3 Å². The van der Waals surface area contributed by atoms with Gasteiger partial charge in [-0.05, 0) is 52.2 Å². The Morgan fingerprint density at radius 1 is 1.33 bits per heavy atom. The van der Waals surface area contributed by atoms with Gasteiger partial charge >= 0.3 is 0 Å². The van der Waals surface area contributed by atoms with Crippen LogP contribution in [-0.4, -0.2) is 12.1 Å². The molecule has 1 aromatic heterocycles. The molecule has 2 N–H and O–H groups in total. The Kier molecular flexibility index (Phi) is 4.33. The number of halogens is 1. The summed E-state index contributed by atoms with van der Waals surface area (Å²) in [4.78, 5) is 4.31. The standard InChI is InChI=1S/C14H15BrN2O/c1-18-12-4-2-3-10(7-12)8-13(16)14-6-5-11(15)9-17-14/h2-7,9,13H,8,16H2,1H3. The van der Waals surface area contributed by atoms with Crippen LogP contribution in [0.4, 0.5) is 0 Å². The lowest BCUT2D eigenvalue weighted by Gasteiger charge is -2.12. The second-order valence-electron chi connectivity index (χ2n) is 4.06. The van der Waals surface area contributed by atoms with Crippen LogP contribution in [0, 0.1) is 0 Å². The Hall–Kier alpha value is -1.39. The van der Waals surface area contributed by atoms with Crippen LogP contribution in [0.25, 0.3) is 0 Å². The van der Waals surface area contributed by atoms with Crippen molar-refractivity contribution in [2.24, 2.45) is 5.73 Å². The molecule has 1 aromatic carbocycles. The summed E-state index contributed by atoms with van der Waals surface area (Å²) in [6, 6.07) is 11.7. The Morgan fingerprint density at radius 3 is 2.83 bits per heavy atom. The minimum absolute atomic E-state index is 0.106. The quantitative estimate of drug-likeness (QED) is 0.944. The van der Waals surface area contributed by atoms with Gasteiger partial charge in [0.25, 0.3) is 0 Å². The predicted molar refractivity (Wildman–Crippen MR) is 75.6 cm³/mol. The molecule has 0 fully saturated rings. The van der Waals surface area contributed by atoms with Crippen molar-refractivity contribution >= 4 is 15.9 Å². The Labute approximate surface area is 115 Å². The van der Waals surface area contributed by atoms with Crippen molar-refractivity contribution < 1.29 is 4.74 Å². The maximum atomic E-state index is 6.15. The number of nitrogens with zero attached hydrogens (tertiary/aromatic N) is 1. The third-order valence-electron chi connectivity index (χ3n) is 2.72. The highest BCUT2D eigenvalue weighted by atomic mass is 79.9. The zero-order valence-corrected chi connectivity index (χ0v) is 11.7. The first-order valence-corrected chi connectivity index (χ1v) is 6.48. The first-order chi connectivity index (χ1) is 8.69. The summed E-state index contributed by atoms with van der Waals surface area (Å²) in [6.07, 6.45) is 2.51. The third kappa shape index (κ3) is 3.31. The van der Waals surface area contributed by atoms with Crippen LogP contribution in [0.3, 0.4) is 0 Å². The summed E-state index contributed by atoms with van der Waals surface area (Å²) in [7, 11) is 1.66. The van der Waals surface area contributed by atoms with Crippen LogP contribution in [0.2, 0.25) is 0 Å². The van der Waals surface area contributed by atoms with E-state index in [0.29, 0.717) is 0 Å². The topological polar surface area (TPSA) is 48.1 Å². The van der Waals surface area contributed by atoms with Crippen LogP contribution >= 0.6 is 15.9 Å². The molecule has 4 heteroatoms. The molecule has 1 heterocycles. The number of pyridine rings is 1. The van der Waals surface area contributed by atoms with Gasteiger partial charge in [0.15, 0.2) is 0 Å². The molecule has 18 heavy (non-hydrogen) atoms. The fourth-order valence-electron chi connectivity index (χ4n) is 1.76. The normalized spacial score (nSPS) is 12.2. The largest absolute Gasteiger partial charge is 0.497 e. The summed E-state index contributed by atoms with van der Waals surface area (Å²) in [6.45, 7) is 0. The van der Waals surface area contributed by atoms with E-state index in [1.165, 1.54) is 0 Å². The molecule has 0 amide bonds. The highest BCUT2D eigenvalue weighted by molar-refractivity contribution is 9.10. The van der Waals surface area contributed by atoms with Crippen molar-refractivity contribution in [1.82, 2.24) is 4.98 Å². The number of hydrogen-bond donors (Lipinski definition) is 1. The van der Waals surface area contributed by atoms with Gasteiger partial charge in [0.2, 0.25) is 0 Å².